The molecule has 2 N–H and O–H groups in total. The van der Waals surface area contributed by atoms with Crippen LogP contribution in [0.4, 0.5) is 5.82 Å². The van der Waals surface area contributed by atoms with Gasteiger partial charge in [-0.25, -0.2) is 0 Å². The van der Waals surface area contributed by atoms with Crippen molar-refractivity contribution in [2.75, 3.05) is 18.0 Å². The van der Waals surface area contributed by atoms with Gasteiger partial charge >= 0.3 is 0 Å². The van der Waals surface area contributed by atoms with E-state index in [1.807, 2.05) is 24.3 Å². The minimum Gasteiger partial charge on any atom is -0.353 e. The molecular formula is C22H29ClN4O. The fourth-order valence-electron chi connectivity index (χ4n) is 4.49. The number of aromatic amines is 1. The molecule has 1 aliphatic heterocycles. The van der Waals surface area contributed by atoms with Crippen molar-refractivity contribution in [3.8, 4) is 11.3 Å². The van der Waals surface area contributed by atoms with Crippen LogP contribution in [0, 0.1) is 5.92 Å². The molecule has 28 heavy (non-hydrogen) atoms. The molecular weight excluding hydrogens is 372 g/mol. The molecule has 0 spiro atoms. The summed E-state index contributed by atoms with van der Waals surface area (Å²) < 4.78 is 0. The van der Waals surface area contributed by atoms with Crippen molar-refractivity contribution in [1.29, 1.82) is 0 Å². The number of carbonyl (C=O) groups is 1. The Morgan fingerprint density at radius 1 is 1.14 bits per heavy atom. The second-order valence-electron chi connectivity index (χ2n) is 8.21. The fraction of sp³-hybridized carbons (Fsp3) is 0.545. The van der Waals surface area contributed by atoms with Crippen LogP contribution in [0.15, 0.2) is 30.3 Å². The van der Waals surface area contributed by atoms with Gasteiger partial charge in [0.1, 0.15) is 0 Å². The Hall–Kier alpha value is -2.01. The standard InChI is InChI=1S/C22H29ClN4O/c23-18-10-8-17(9-11-18)20-14-21(26-25-20)27-12-4-7-19(15-27)24-22(28)13-16-5-2-1-3-6-16/h8-11,14,16,19H,1-7,12-13,15H2,(H,24,28)(H,25,26)/t19-/m0/s1. The second kappa shape index (κ2) is 8.99. The van der Waals surface area contributed by atoms with Gasteiger partial charge in [-0.1, -0.05) is 43.0 Å². The zero-order valence-corrected chi connectivity index (χ0v) is 17.0. The van der Waals surface area contributed by atoms with E-state index in [1.165, 1.54) is 32.1 Å². The van der Waals surface area contributed by atoms with Gasteiger partial charge in [-0.2, -0.15) is 5.10 Å². The molecule has 1 saturated carbocycles. The number of benzene rings is 1. The third-order valence-corrected chi connectivity index (χ3v) is 6.28. The first-order chi connectivity index (χ1) is 13.7. The minimum absolute atomic E-state index is 0.209. The number of amides is 1. The molecule has 2 heterocycles. The third-order valence-electron chi connectivity index (χ3n) is 6.03. The van der Waals surface area contributed by atoms with E-state index in [1.54, 1.807) is 0 Å². The average Bonchev–Trinajstić information content (AvgIpc) is 3.20. The zero-order chi connectivity index (χ0) is 19.3. The molecule has 0 bridgehead atoms. The Bertz CT molecular complexity index is 782. The topological polar surface area (TPSA) is 61.0 Å². The lowest BCUT2D eigenvalue weighted by Gasteiger charge is -2.33. The van der Waals surface area contributed by atoms with Crippen LogP contribution in [0.25, 0.3) is 11.3 Å². The van der Waals surface area contributed by atoms with Crippen molar-refractivity contribution >= 4 is 23.3 Å². The first-order valence-electron chi connectivity index (χ1n) is 10.5. The summed E-state index contributed by atoms with van der Waals surface area (Å²) >= 11 is 5.98. The van der Waals surface area contributed by atoms with E-state index in [4.69, 9.17) is 11.6 Å². The normalized spacial score (nSPS) is 20.9. The number of carbonyl (C=O) groups excluding carboxylic acids is 1. The van der Waals surface area contributed by atoms with Crippen molar-refractivity contribution in [2.45, 2.75) is 57.4 Å². The summed E-state index contributed by atoms with van der Waals surface area (Å²) in [5.41, 5.74) is 2.05. The summed E-state index contributed by atoms with van der Waals surface area (Å²) in [6.45, 7) is 1.79. The minimum atomic E-state index is 0.209. The zero-order valence-electron chi connectivity index (χ0n) is 16.3. The van der Waals surface area contributed by atoms with Crippen LogP contribution < -0.4 is 10.2 Å². The Balaban J connectivity index is 1.33. The fourth-order valence-corrected chi connectivity index (χ4v) is 4.62. The van der Waals surface area contributed by atoms with Crippen LogP contribution >= 0.6 is 11.6 Å². The SMILES string of the molecule is O=C(CC1CCCCC1)N[C@H]1CCCN(c2cc(-c3ccc(Cl)cc3)[nH]n2)C1. The molecule has 150 valence electrons. The highest BCUT2D eigenvalue weighted by Gasteiger charge is 2.24. The largest absolute Gasteiger partial charge is 0.353 e. The number of nitrogens with zero attached hydrogens (tertiary/aromatic N) is 2. The lowest BCUT2D eigenvalue weighted by Crippen LogP contribution is -2.48. The molecule has 2 aliphatic rings. The van der Waals surface area contributed by atoms with Crippen molar-refractivity contribution in [3.05, 3.63) is 35.4 Å². The van der Waals surface area contributed by atoms with E-state index in [0.717, 1.165) is 48.0 Å². The van der Waals surface area contributed by atoms with E-state index in [9.17, 15) is 4.79 Å². The molecule has 2 fully saturated rings. The molecule has 6 heteroatoms. The number of halogens is 1. The van der Waals surface area contributed by atoms with Gasteiger partial charge < -0.3 is 10.2 Å². The van der Waals surface area contributed by atoms with Gasteiger partial charge in [0.25, 0.3) is 0 Å². The van der Waals surface area contributed by atoms with E-state index < -0.39 is 0 Å². The van der Waals surface area contributed by atoms with Crippen LogP contribution in [0.1, 0.15) is 51.4 Å². The summed E-state index contributed by atoms with van der Waals surface area (Å²) in [5, 5.41) is 11.6. The van der Waals surface area contributed by atoms with Gasteiger partial charge in [0.05, 0.1) is 5.69 Å². The Morgan fingerprint density at radius 3 is 2.71 bits per heavy atom. The summed E-state index contributed by atoms with van der Waals surface area (Å²) in [5.74, 6) is 1.75. The predicted molar refractivity (Wildman–Crippen MR) is 114 cm³/mol. The van der Waals surface area contributed by atoms with E-state index in [0.29, 0.717) is 12.3 Å². The molecule has 4 rings (SSSR count). The van der Waals surface area contributed by atoms with Crippen LogP contribution in [0.5, 0.6) is 0 Å². The smallest absolute Gasteiger partial charge is 0.220 e. The summed E-state index contributed by atoms with van der Waals surface area (Å²) in [4.78, 5) is 14.7. The summed E-state index contributed by atoms with van der Waals surface area (Å²) in [7, 11) is 0. The lowest BCUT2D eigenvalue weighted by atomic mass is 9.87. The highest BCUT2D eigenvalue weighted by atomic mass is 35.5. The number of hydrogen-bond donors (Lipinski definition) is 2. The molecule has 1 amide bonds. The summed E-state index contributed by atoms with van der Waals surface area (Å²) in [6.07, 6.45) is 9.13. The van der Waals surface area contributed by atoms with Crippen molar-refractivity contribution in [2.24, 2.45) is 5.92 Å². The Labute approximate surface area is 171 Å². The molecule has 1 aliphatic carbocycles. The molecule has 0 radical (unpaired) electrons. The monoisotopic (exact) mass is 400 g/mol. The third kappa shape index (κ3) is 4.88. The maximum Gasteiger partial charge on any atom is 0.220 e. The van der Waals surface area contributed by atoms with Crippen LogP contribution in [0.2, 0.25) is 5.02 Å². The molecule has 0 unspecified atom stereocenters. The first-order valence-corrected chi connectivity index (χ1v) is 10.9. The van der Waals surface area contributed by atoms with Crippen LogP contribution in [-0.4, -0.2) is 35.2 Å². The van der Waals surface area contributed by atoms with Crippen LogP contribution in [-0.2, 0) is 4.79 Å². The van der Waals surface area contributed by atoms with Gasteiger partial charge in [-0.3, -0.25) is 9.89 Å². The number of H-pyrrole nitrogens is 1. The van der Waals surface area contributed by atoms with Crippen molar-refractivity contribution in [3.63, 3.8) is 0 Å². The average molecular weight is 401 g/mol. The highest BCUT2D eigenvalue weighted by molar-refractivity contribution is 6.30. The number of piperidine rings is 1. The molecule has 1 aromatic carbocycles. The number of anilines is 1. The Morgan fingerprint density at radius 2 is 1.93 bits per heavy atom. The van der Waals surface area contributed by atoms with Gasteiger partial charge in [-0.05, 0) is 49.3 Å². The van der Waals surface area contributed by atoms with E-state index >= 15 is 0 Å². The number of hydrogen-bond acceptors (Lipinski definition) is 3. The highest BCUT2D eigenvalue weighted by Crippen LogP contribution is 2.27. The van der Waals surface area contributed by atoms with Crippen LogP contribution in [0.3, 0.4) is 0 Å². The maximum atomic E-state index is 12.5. The van der Waals surface area contributed by atoms with E-state index in [2.05, 4.69) is 26.5 Å². The predicted octanol–water partition coefficient (Wildman–Crippen LogP) is 4.79. The van der Waals surface area contributed by atoms with Gasteiger partial charge in [0.2, 0.25) is 5.91 Å². The van der Waals surface area contributed by atoms with Crippen molar-refractivity contribution < 1.29 is 4.79 Å². The molecule has 1 aromatic heterocycles. The number of aromatic nitrogens is 2. The second-order valence-corrected chi connectivity index (χ2v) is 8.64. The molecule has 2 aromatic rings. The Kier molecular flexibility index (Phi) is 6.20. The molecule has 5 nitrogen and oxygen atoms in total. The number of nitrogens with one attached hydrogen (secondary N) is 2. The summed E-state index contributed by atoms with van der Waals surface area (Å²) in [6, 6.07) is 10.0. The molecule has 1 saturated heterocycles. The lowest BCUT2D eigenvalue weighted by molar-refractivity contribution is -0.123. The van der Waals surface area contributed by atoms with Gasteiger partial charge in [0, 0.05) is 36.6 Å². The maximum absolute atomic E-state index is 12.5. The van der Waals surface area contributed by atoms with Crippen molar-refractivity contribution in [1.82, 2.24) is 15.5 Å². The van der Waals surface area contributed by atoms with Gasteiger partial charge in [-0.15, -0.1) is 0 Å². The molecule has 1 atom stereocenters. The van der Waals surface area contributed by atoms with Gasteiger partial charge in [0.15, 0.2) is 5.82 Å². The first kappa shape index (κ1) is 19.3. The van der Waals surface area contributed by atoms with E-state index in [-0.39, 0.29) is 11.9 Å². The quantitative estimate of drug-likeness (QED) is 0.758. The number of rotatable bonds is 5.